The molecule has 0 spiro atoms. The summed E-state index contributed by atoms with van der Waals surface area (Å²) in [6, 6.07) is 3.18. The summed E-state index contributed by atoms with van der Waals surface area (Å²) in [5.74, 6) is 0.0404. The Labute approximate surface area is 226 Å². The molecule has 0 bridgehead atoms. The molecule has 2 N–H and O–H groups in total. The van der Waals surface area contributed by atoms with Crippen LogP contribution < -0.4 is 14.8 Å². The highest BCUT2D eigenvalue weighted by Crippen LogP contribution is 2.29. The average molecular weight is 562 g/mol. The number of aryl methyl sites for hydroxylation is 1. The van der Waals surface area contributed by atoms with E-state index in [-0.39, 0.29) is 25.6 Å². The average Bonchev–Trinajstić information content (AvgIpc) is 3.44. The van der Waals surface area contributed by atoms with Crippen molar-refractivity contribution in [3.63, 3.8) is 0 Å². The Kier molecular flexibility index (Phi) is 8.91. The third kappa shape index (κ3) is 7.52. The summed E-state index contributed by atoms with van der Waals surface area (Å²) in [6.07, 6.45) is 11.0. The molecule has 5 rings (SSSR count). The van der Waals surface area contributed by atoms with Crippen molar-refractivity contribution in [3.8, 4) is 16.5 Å². The van der Waals surface area contributed by atoms with Crippen LogP contribution in [0.5, 0.6) is 5.88 Å². The van der Waals surface area contributed by atoms with E-state index in [1.54, 1.807) is 35.4 Å². The number of carbonyl (C=O) groups is 1. The number of aromatic nitrogens is 7. The Balaban J connectivity index is 0.000000545. The lowest BCUT2D eigenvalue weighted by Gasteiger charge is -2.08. The molecule has 38 heavy (non-hydrogen) atoms. The van der Waals surface area contributed by atoms with E-state index in [1.807, 2.05) is 20.0 Å². The number of nitrogens with zero attached hydrogens (tertiary/aromatic N) is 7. The summed E-state index contributed by atoms with van der Waals surface area (Å²) in [5.41, 5.74) is 1.52. The number of rotatable bonds is 10. The lowest BCUT2D eigenvalue weighted by Crippen LogP contribution is -2.23. The molecule has 0 aliphatic heterocycles. The summed E-state index contributed by atoms with van der Waals surface area (Å²) >= 11 is 1.18. The molecular weight excluding hydrogens is 530 g/mol. The monoisotopic (exact) mass is 561 g/mol. The van der Waals surface area contributed by atoms with E-state index in [9.17, 15) is 13.2 Å². The van der Waals surface area contributed by atoms with Gasteiger partial charge in [-0.2, -0.15) is 0 Å². The SMILES string of the molecule is CCOc1cncc(-c2cnc(C(=O)NCc3cc(NS(=O)(=O)C4CC4)ccn3)s2)n1.CCn1ccnn1.[HH].[HH]. The number of hydrogen-bond donors (Lipinski definition) is 2. The minimum absolute atomic E-state index is 0. The maximum absolute atomic E-state index is 12.5. The number of sulfonamides is 1. The predicted octanol–water partition coefficient (Wildman–Crippen LogP) is 3.02. The third-order valence-electron chi connectivity index (χ3n) is 5.12. The lowest BCUT2D eigenvalue weighted by atomic mass is 10.3. The van der Waals surface area contributed by atoms with Crippen molar-refractivity contribution in [2.24, 2.45) is 0 Å². The molecule has 0 radical (unpaired) electrons. The second-order valence-electron chi connectivity index (χ2n) is 8.03. The second kappa shape index (κ2) is 12.5. The van der Waals surface area contributed by atoms with Crippen LogP contribution in [0.2, 0.25) is 0 Å². The van der Waals surface area contributed by atoms with Crippen LogP contribution in [0.1, 0.15) is 45.0 Å². The molecule has 1 aliphatic carbocycles. The number of amides is 1. The molecule has 4 heterocycles. The maximum atomic E-state index is 12.5. The van der Waals surface area contributed by atoms with Crippen LogP contribution in [0.4, 0.5) is 5.69 Å². The van der Waals surface area contributed by atoms with Crippen LogP contribution in [0.25, 0.3) is 10.6 Å². The zero-order valence-electron chi connectivity index (χ0n) is 20.8. The van der Waals surface area contributed by atoms with E-state index >= 15 is 0 Å². The molecule has 15 heteroatoms. The highest BCUT2D eigenvalue weighted by Gasteiger charge is 2.35. The Bertz CT molecular complexity index is 1470. The smallest absolute Gasteiger partial charge is 0.280 e. The van der Waals surface area contributed by atoms with Crippen LogP contribution in [0, 0.1) is 0 Å². The van der Waals surface area contributed by atoms with Crippen molar-refractivity contribution in [1.82, 2.24) is 40.2 Å². The van der Waals surface area contributed by atoms with Crippen LogP contribution >= 0.6 is 11.3 Å². The van der Waals surface area contributed by atoms with Crippen LogP contribution in [0.15, 0.2) is 49.3 Å². The molecule has 1 aliphatic rings. The standard InChI is InChI=1S/C19H20N6O4S2.C4H7N3.2H2/c1-2-29-17-11-20-9-15(24-17)16-10-23-19(30-16)18(26)22-8-13-7-12(5-6-21-13)25-31(27,28)14-3-4-14;1-2-7-4-3-5-6-7;;/h5-7,9-11,14H,2-4,8H2,1H3,(H,21,25)(H,22,26);3-4H,2H2,1H3;2*1H. The second-order valence-corrected chi connectivity index (χ2v) is 11.0. The van der Waals surface area contributed by atoms with Crippen LogP contribution in [-0.4, -0.2) is 61.1 Å². The van der Waals surface area contributed by atoms with Gasteiger partial charge in [0.1, 0.15) is 5.69 Å². The molecule has 0 aromatic carbocycles. The Morgan fingerprint density at radius 2 is 2.05 bits per heavy atom. The molecular formula is C23H31N9O4S2. The van der Waals surface area contributed by atoms with E-state index in [4.69, 9.17) is 4.74 Å². The Morgan fingerprint density at radius 1 is 1.21 bits per heavy atom. The molecule has 1 fully saturated rings. The van der Waals surface area contributed by atoms with Crippen molar-refractivity contribution in [1.29, 1.82) is 0 Å². The molecule has 4 aromatic heterocycles. The number of carbonyl (C=O) groups excluding carboxylic acids is 1. The fourth-order valence-corrected chi connectivity index (χ4v) is 5.26. The van der Waals surface area contributed by atoms with E-state index in [2.05, 4.69) is 40.3 Å². The van der Waals surface area contributed by atoms with Crippen molar-refractivity contribution in [3.05, 3.63) is 60.0 Å². The molecule has 204 valence electrons. The number of thiazole rings is 1. The fourth-order valence-electron chi connectivity index (χ4n) is 3.09. The van der Waals surface area contributed by atoms with Gasteiger partial charge in [-0.15, -0.1) is 16.4 Å². The molecule has 0 saturated heterocycles. The van der Waals surface area contributed by atoms with Gasteiger partial charge in [-0.3, -0.25) is 24.2 Å². The largest absolute Gasteiger partial charge is 0.477 e. The van der Waals surface area contributed by atoms with Gasteiger partial charge in [-0.05, 0) is 38.8 Å². The zero-order chi connectivity index (χ0) is 27.0. The highest BCUT2D eigenvalue weighted by atomic mass is 32.2. The van der Waals surface area contributed by atoms with Gasteiger partial charge in [-0.1, -0.05) is 5.21 Å². The van der Waals surface area contributed by atoms with Gasteiger partial charge in [0.15, 0.2) is 5.01 Å². The van der Waals surface area contributed by atoms with Gasteiger partial charge >= 0.3 is 0 Å². The fraction of sp³-hybridized carbons (Fsp3) is 0.348. The number of hydrogen-bond acceptors (Lipinski definition) is 11. The first kappa shape index (κ1) is 27.1. The number of pyridine rings is 1. The zero-order valence-corrected chi connectivity index (χ0v) is 22.4. The first-order valence-corrected chi connectivity index (χ1v) is 14.2. The first-order valence-electron chi connectivity index (χ1n) is 11.9. The van der Waals surface area contributed by atoms with E-state index in [0.29, 0.717) is 47.3 Å². The minimum atomic E-state index is -3.36. The van der Waals surface area contributed by atoms with Crippen LogP contribution in [-0.2, 0) is 23.1 Å². The normalized spacial score (nSPS) is 12.8. The van der Waals surface area contributed by atoms with Crippen LogP contribution in [0.3, 0.4) is 0 Å². The quantitative estimate of drug-likeness (QED) is 0.294. The molecule has 13 nitrogen and oxygen atoms in total. The third-order valence-corrected chi connectivity index (χ3v) is 8.01. The van der Waals surface area contributed by atoms with E-state index in [0.717, 1.165) is 6.54 Å². The van der Waals surface area contributed by atoms with Crippen molar-refractivity contribution in [2.75, 3.05) is 11.3 Å². The van der Waals surface area contributed by atoms with Crippen molar-refractivity contribution in [2.45, 2.75) is 45.0 Å². The molecule has 0 unspecified atom stereocenters. The molecule has 0 atom stereocenters. The summed E-state index contributed by atoms with van der Waals surface area (Å²) in [5, 5.41) is 10.0. The first-order chi connectivity index (χ1) is 18.4. The Morgan fingerprint density at radius 3 is 2.74 bits per heavy atom. The minimum Gasteiger partial charge on any atom is -0.477 e. The lowest BCUT2D eigenvalue weighted by molar-refractivity contribution is 0.0950. The van der Waals surface area contributed by atoms with Gasteiger partial charge in [0.05, 0.1) is 53.3 Å². The maximum Gasteiger partial charge on any atom is 0.280 e. The topological polar surface area (TPSA) is 167 Å². The van der Waals surface area contributed by atoms with Crippen molar-refractivity contribution >= 4 is 33.0 Å². The van der Waals surface area contributed by atoms with Gasteiger partial charge in [0.2, 0.25) is 15.9 Å². The summed E-state index contributed by atoms with van der Waals surface area (Å²) in [6.45, 7) is 5.39. The van der Waals surface area contributed by atoms with Gasteiger partial charge in [0, 0.05) is 28.0 Å². The van der Waals surface area contributed by atoms with Gasteiger partial charge < -0.3 is 10.1 Å². The van der Waals surface area contributed by atoms with Crippen molar-refractivity contribution < 1.29 is 20.8 Å². The van der Waals surface area contributed by atoms with Gasteiger partial charge in [-0.25, -0.2) is 18.4 Å². The predicted molar refractivity (Wildman–Crippen MR) is 145 cm³/mol. The molecule has 1 saturated carbocycles. The number of ether oxygens (including phenoxy) is 1. The van der Waals surface area contributed by atoms with E-state index < -0.39 is 10.0 Å². The Hall–Kier alpha value is -3.98. The highest BCUT2D eigenvalue weighted by molar-refractivity contribution is 7.93. The summed E-state index contributed by atoms with van der Waals surface area (Å²) in [4.78, 5) is 29.9. The summed E-state index contributed by atoms with van der Waals surface area (Å²) in [7, 11) is -3.36. The van der Waals surface area contributed by atoms with Gasteiger partial charge in [0.25, 0.3) is 5.91 Å². The molecule has 4 aromatic rings. The summed E-state index contributed by atoms with van der Waals surface area (Å²) < 4.78 is 33.8. The number of nitrogens with one attached hydrogen (secondary N) is 2. The molecule has 1 amide bonds. The number of anilines is 1. The van der Waals surface area contributed by atoms with E-state index in [1.165, 1.54) is 23.7 Å².